The number of carbonyl (C=O) groups is 2. The number of amides is 2. The number of para-hydroxylation sites is 2. The van der Waals surface area contributed by atoms with Gasteiger partial charge >= 0.3 is 0 Å². The van der Waals surface area contributed by atoms with Crippen LogP contribution in [0.1, 0.15) is 27.6 Å². The first kappa shape index (κ1) is 19.3. The molecule has 0 aromatic heterocycles. The Bertz CT molecular complexity index is 1110. The molecule has 1 heterocycles. The van der Waals surface area contributed by atoms with Gasteiger partial charge in [-0.15, -0.1) is 0 Å². The third-order valence-electron chi connectivity index (χ3n) is 4.53. The molecule has 0 saturated carbocycles. The summed E-state index contributed by atoms with van der Waals surface area (Å²) in [5, 5.41) is 3.51. The van der Waals surface area contributed by atoms with Gasteiger partial charge < -0.3 is 15.0 Å². The van der Waals surface area contributed by atoms with E-state index in [2.05, 4.69) is 5.32 Å². The van der Waals surface area contributed by atoms with Crippen LogP contribution in [-0.4, -0.2) is 18.4 Å². The van der Waals surface area contributed by atoms with Crippen LogP contribution in [0.15, 0.2) is 60.7 Å². The van der Waals surface area contributed by atoms with Gasteiger partial charge in [0.05, 0.1) is 11.3 Å². The molecule has 0 radical (unpaired) electrons. The summed E-state index contributed by atoms with van der Waals surface area (Å²) in [6.07, 6.45) is 0. The number of nitrogens with one attached hydrogen (secondary N) is 1. The maximum atomic E-state index is 13.1. The topological polar surface area (TPSA) is 58.6 Å². The molecule has 0 bridgehead atoms. The summed E-state index contributed by atoms with van der Waals surface area (Å²) in [7, 11) is 0. The Morgan fingerprint density at radius 1 is 1.00 bits per heavy atom. The number of hydrogen-bond acceptors (Lipinski definition) is 3. The fourth-order valence-corrected chi connectivity index (χ4v) is 3.73. The average Bonchev–Trinajstić information content (AvgIpc) is 2.81. The molecule has 1 aliphatic rings. The van der Waals surface area contributed by atoms with Crippen molar-refractivity contribution in [3.8, 4) is 11.5 Å². The van der Waals surface area contributed by atoms with Gasteiger partial charge in [0, 0.05) is 27.8 Å². The molecular weight excluding hydrogens is 411 g/mol. The van der Waals surface area contributed by atoms with Crippen LogP contribution in [0.25, 0.3) is 0 Å². The molecular formula is C22H16Cl2N2O3. The van der Waals surface area contributed by atoms with Crippen LogP contribution in [0.2, 0.25) is 10.0 Å². The highest BCUT2D eigenvalue weighted by Crippen LogP contribution is 2.39. The lowest BCUT2D eigenvalue weighted by Crippen LogP contribution is -2.29. The first-order valence-electron chi connectivity index (χ1n) is 8.96. The largest absolute Gasteiger partial charge is 0.454 e. The minimum Gasteiger partial charge on any atom is -0.454 e. The van der Waals surface area contributed by atoms with Crippen molar-refractivity contribution in [1.29, 1.82) is 0 Å². The van der Waals surface area contributed by atoms with Gasteiger partial charge in [-0.25, -0.2) is 0 Å². The van der Waals surface area contributed by atoms with Crippen LogP contribution in [-0.2, 0) is 0 Å². The summed E-state index contributed by atoms with van der Waals surface area (Å²) in [6.45, 7) is 2.38. The molecule has 0 aliphatic carbocycles. The molecule has 0 saturated heterocycles. The second-order valence-electron chi connectivity index (χ2n) is 6.44. The van der Waals surface area contributed by atoms with Crippen LogP contribution >= 0.6 is 23.2 Å². The Kier molecular flexibility index (Phi) is 5.18. The fourth-order valence-electron chi connectivity index (χ4n) is 3.21. The van der Waals surface area contributed by atoms with Crippen molar-refractivity contribution < 1.29 is 14.3 Å². The summed E-state index contributed by atoms with van der Waals surface area (Å²) in [6, 6.07) is 16.9. The quantitative estimate of drug-likeness (QED) is 0.556. The van der Waals surface area contributed by atoms with Gasteiger partial charge in [-0.2, -0.15) is 0 Å². The van der Waals surface area contributed by atoms with Crippen molar-refractivity contribution in [2.75, 3.05) is 16.8 Å². The van der Waals surface area contributed by atoms with Gasteiger partial charge in [-0.05, 0) is 55.5 Å². The van der Waals surface area contributed by atoms with Gasteiger partial charge in [-0.3, -0.25) is 9.59 Å². The van der Waals surface area contributed by atoms with Gasteiger partial charge in [-0.1, -0.05) is 35.3 Å². The number of carbonyl (C=O) groups excluding carboxylic acids is 2. The molecule has 0 spiro atoms. The molecule has 3 aromatic carbocycles. The first-order valence-corrected chi connectivity index (χ1v) is 9.72. The van der Waals surface area contributed by atoms with Crippen molar-refractivity contribution in [2.24, 2.45) is 0 Å². The van der Waals surface area contributed by atoms with Gasteiger partial charge in [0.25, 0.3) is 11.8 Å². The number of fused-ring (bicyclic) bond motifs is 2. The number of benzene rings is 3. The molecule has 146 valence electrons. The smallest absolute Gasteiger partial charge is 0.262 e. The molecule has 1 aliphatic heterocycles. The predicted molar refractivity (Wildman–Crippen MR) is 115 cm³/mol. The average molecular weight is 427 g/mol. The van der Waals surface area contributed by atoms with Crippen molar-refractivity contribution >= 4 is 46.4 Å². The summed E-state index contributed by atoms with van der Waals surface area (Å²) >= 11 is 11.9. The Morgan fingerprint density at radius 3 is 2.45 bits per heavy atom. The van der Waals surface area contributed by atoms with E-state index in [0.717, 1.165) is 0 Å². The number of halogens is 2. The van der Waals surface area contributed by atoms with E-state index >= 15 is 0 Å². The summed E-state index contributed by atoms with van der Waals surface area (Å²) in [5.41, 5.74) is 1.85. The zero-order chi connectivity index (χ0) is 20.5. The number of nitrogens with zero attached hydrogens (tertiary/aromatic N) is 1. The zero-order valence-corrected chi connectivity index (χ0v) is 16.9. The first-order chi connectivity index (χ1) is 14.0. The minimum atomic E-state index is -0.382. The zero-order valence-electron chi connectivity index (χ0n) is 15.4. The van der Waals surface area contributed by atoms with Crippen molar-refractivity contribution in [1.82, 2.24) is 0 Å². The maximum absolute atomic E-state index is 13.1. The second-order valence-corrected chi connectivity index (χ2v) is 7.32. The molecule has 5 nitrogen and oxygen atoms in total. The van der Waals surface area contributed by atoms with E-state index in [1.165, 1.54) is 12.1 Å². The molecule has 0 atom stereocenters. The van der Waals surface area contributed by atoms with Crippen molar-refractivity contribution in [3.05, 3.63) is 81.8 Å². The number of ether oxygens (including phenoxy) is 1. The van der Waals surface area contributed by atoms with E-state index in [1.807, 2.05) is 31.2 Å². The summed E-state index contributed by atoms with van der Waals surface area (Å²) in [5.74, 6) is 0.454. The third-order valence-corrected chi connectivity index (χ3v) is 4.97. The predicted octanol–water partition coefficient (Wildman–Crippen LogP) is 6.02. The Morgan fingerprint density at radius 2 is 1.72 bits per heavy atom. The molecule has 1 N–H and O–H groups in total. The molecule has 3 aromatic rings. The van der Waals surface area contributed by atoms with Crippen molar-refractivity contribution in [3.63, 3.8) is 0 Å². The summed E-state index contributed by atoms with van der Waals surface area (Å²) < 4.78 is 5.97. The Hall–Kier alpha value is -3.02. The lowest BCUT2D eigenvalue weighted by atomic mass is 10.1. The molecule has 0 fully saturated rings. The number of hydrogen-bond donors (Lipinski definition) is 1. The number of anilines is 2. The maximum Gasteiger partial charge on any atom is 0.262 e. The monoisotopic (exact) mass is 426 g/mol. The lowest BCUT2D eigenvalue weighted by Gasteiger charge is -2.19. The van der Waals surface area contributed by atoms with E-state index in [-0.39, 0.29) is 11.8 Å². The molecule has 4 rings (SSSR count). The fraction of sp³-hybridized carbons (Fsp3) is 0.0909. The van der Waals surface area contributed by atoms with E-state index in [1.54, 1.807) is 29.2 Å². The lowest BCUT2D eigenvalue weighted by molar-refractivity contribution is 0.0985. The van der Waals surface area contributed by atoms with Crippen LogP contribution in [0.3, 0.4) is 0 Å². The summed E-state index contributed by atoms with van der Waals surface area (Å²) in [4.78, 5) is 27.3. The van der Waals surface area contributed by atoms with Gasteiger partial charge in [0.1, 0.15) is 5.75 Å². The third kappa shape index (κ3) is 3.79. The van der Waals surface area contributed by atoms with E-state index in [4.69, 9.17) is 27.9 Å². The van der Waals surface area contributed by atoms with Gasteiger partial charge in [0.2, 0.25) is 0 Å². The second kappa shape index (κ2) is 7.78. The molecule has 2 amide bonds. The van der Waals surface area contributed by atoms with Crippen molar-refractivity contribution in [2.45, 2.75) is 6.92 Å². The van der Waals surface area contributed by atoms with Crippen LogP contribution in [0.5, 0.6) is 11.5 Å². The van der Waals surface area contributed by atoms with Gasteiger partial charge in [0.15, 0.2) is 5.75 Å². The Balaban J connectivity index is 1.68. The van der Waals surface area contributed by atoms with Crippen LogP contribution in [0.4, 0.5) is 11.4 Å². The number of rotatable bonds is 3. The van der Waals surface area contributed by atoms with Crippen LogP contribution in [0, 0.1) is 0 Å². The molecule has 29 heavy (non-hydrogen) atoms. The normalized spacial score (nSPS) is 12.5. The van der Waals surface area contributed by atoms with Crippen LogP contribution < -0.4 is 15.0 Å². The highest BCUT2D eigenvalue weighted by atomic mass is 35.5. The SMILES string of the molecule is CCN1C(=O)c2cc(NC(=O)c3cc(Cl)cc(Cl)c3)ccc2Oc2ccccc21. The van der Waals surface area contributed by atoms with E-state index in [9.17, 15) is 9.59 Å². The minimum absolute atomic E-state index is 0.200. The highest BCUT2D eigenvalue weighted by molar-refractivity contribution is 6.35. The van der Waals surface area contributed by atoms with E-state index < -0.39 is 0 Å². The van der Waals surface area contributed by atoms with E-state index in [0.29, 0.717) is 50.6 Å². The molecule has 7 heteroatoms. The Labute approximate surface area is 177 Å². The standard InChI is InChI=1S/C22H16Cl2N2O3/c1-2-26-18-5-3-4-6-20(18)29-19-8-7-16(12-17(19)22(26)28)25-21(27)13-9-14(23)11-15(24)10-13/h3-12H,2H2,1H3,(H,25,27). The highest BCUT2D eigenvalue weighted by Gasteiger charge is 2.27. The molecule has 0 unspecified atom stereocenters.